The lowest BCUT2D eigenvalue weighted by molar-refractivity contribution is 0.112. The van der Waals surface area contributed by atoms with Crippen LogP contribution in [0.3, 0.4) is 0 Å². The summed E-state index contributed by atoms with van der Waals surface area (Å²) < 4.78 is 10.7. The van der Waals surface area contributed by atoms with Crippen molar-refractivity contribution in [1.82, 2.24) is 0 Å². The minimum Gasteiger partial charge on any atom is -0.493 e. The molecule has 0 aliphatic rings. The molecular formula is C14H14O4. The van der Waals surface area contributed by atoms with E-state index in [-0.39, 0.29) is 11.0 Å². The van der Waals surface area contributed by atoms with Gasteiger partial charge in [0, 0.05) is 0 Å². The van der Waals surface area contributed by atoms with E-state index in [4.69, 9.17) is 9.15 Å². The van der Waals surface area contributed by atoms with Crippen molar-refractivity contribution in [1.29, 1.82) is 0 Å². The highest BCUT2D eigenvalue weighted by atomic mass is 16.5. The van der Waals surface area contributed by atoms with Crippen LogP contribution in [0, 0.1) is 5.92 Å². The maximum absolute atomic E-state index is 11.9. The van der Waals surface area contributed by atoms with Crippen molar-refractivity contribution in [3.05, 3.63) is 40.2 Å². The van der Waals surface area contributed by atoms with Crippen LogP contribution in [-0.2, 0) is 0 Å². The summed E-state index contributed by atoms with van der Waals surface area (Å²) in [5.74, 6) is 1.00. The first kappa shape index (κ1) is 12.4. The lowest BCUT2D eigenvalue weighted by atomic mass is 10.2. The van der Waals surface area contributed by atoms with Crippen LogP contribution in [0.25, 0.3) is 11.0 Å². The van der Waals surface area contributed by atoms with Gasteiger partial charge in [-0.05, 0) is 24.1 Å². The third kappa shape index (κ3) is 2.42. The minimum absolute atomic E-state index is 0.0171. The normalized spacial score (nSPS) is 10.8. The van der Waals surface area contributed by atoms with Crippen LogP contribution in [-0.4, -0.2) is 12.9 Å². The molecule has 0 amide bonds. The third-order valence-corrected chi connectivity index (χ3v) is 2.48. The van der Waals surface area contributed by atoms with Crippen molar-refractivity contribution < 1.29 is 13.9 Å². The standard InChI is InChI=1S/C14H14O4/c1-9(2)7-17-11-3-4-13-12(5-11)14(16)10(6-15)8-18-13/h3-6,8-9H,7H2,1-2H3. The molecular weight excluding hydrogens is 232 g/mol. The molecule has 0 saturated heterocycles. The molecule has 0 spiro atoms. The fraction of sp³-hybridized carbons (Fsp3) is 0.286. The topological polar surface area (TPSA) is 56.5 Å². The molecule has 4 heteroatoms. The Labute approximate surface area is 104 Å². The second kappa shape index (κ2) is 5.04. The van der Waals surface area contributed by atoms with E-state index in [0.717, 1.165) is 0 Å². The van der Waals surface area contributed by atoms with Crippen molar-refractivity contribution in [2.24, 2.45) is 5.92 Å². The molecule has 0 atom stereocenters. The van der Waals surface area contributed by atoms with E-state index in [1.807, 2.05) is 13.8 Å². The minimum atomic E-state index is -0.332. The molecule has 0 radical (unpaired) electrons. The number of rotatable bonds is 4. The lowest BCUT2D eigenvalue weighted by Gasteiger charge is -2.08. The Morgan fingerprint density at radius 2 is 2.17 bits per heavy atom. The van der Waals surface area contributed by atoms with E-state index in [1.54, 1.807) is 18.2 Å². The molecule has 94 valence electrons. The number of aldehydes is 1. The van der Waals surface area contributed by atoms with Crippen LogP contribution in [0.15, 0.2) is 33.7 Å². The summed E-state index contributed by atoms with van der Waals surface area (Å²) >= 11 is 0. The van der Waals surface area contributed by atoms with E-state index < -0.39 is 0 Å². The van der Waals surface area contributed by atoms with E-state index >= 15 is 0 Å². The second-order valence-electron chi connectivity index (χ2n) is 4.50. The summed E-state index contributed by atoms with van der Waals surface area (Å²) in [6.07, 6.45) is 1.67. The number of fused-ring (bicyclic) bond motifs is 1. The predicted octanol–water partition coefficient (Wildman–Crippen LogP) is 2.64. The number of carbonyl (C=O) groups excluding carboxylic acids is 1. The van der Waals surface area contributed by atoms with Gasteiger partial charge in [0.05, 0.1) is 17.6 Å². The molecule has 0 N–H and O–H groups in total. The molecule has 18 heavy (non-hydrogen) atoms. The third-order valence-electron chi connectivity index (χ3n) is 2.48. The zero-order valence-corrected chi connectivity index (χ0v) is 10.3. The van der Waals surface area contributed by atoms with Crippen LogP contribution in [0.4, 0.5) is 0 Å². The van der Waals surface area contributed by atoms with Gasteiger partial charge in [0.15, 0.2) is 6.29 Å². The van der Waals surface area contributed by atoms with E-state index in [1.165, 1.54) is 6.26 Å². The van der Waals surface area contributed by atoms with Gasteiger partial charge in [-0.2, -0.15) is 0 Å². The van der Waals surface area contributed by atoms with Gasteiger partial charge in [0.25, 0.3) is 0 Å². The first-order valence-corrected chi connectivity index (χ1v) is 5.75. The summed E-state index contributed by atoms with van der Waals surface area (Å²) in [6.45, 7) is 4.66. The van der Waals surface area contributed by atoms with Gasteiger partial charge in [-0.3, -0.25) is 9.59 Å². The van der Waals surface area contributed by atoms with Crippen molar-refractivity contribution in [3.8, 4) is 5.75 Å². The Balaban J connectivity index is 2.46. The number of ether oxygens (including phenoxy) is 1. The van der Waals surface area contributed by atoms with Crippen molar-refractivity contribution in [2.45, 2.75) is 13.8 Å². The highest BCUT2D eigenvalue weighted by Crippen LogP contribution is 2.19. The molecule has 0 unspecified atom stereocenters. The number of benzene rings is 1. The molecule has 2 rings (SSSR count). The Kier molecular flexibility index (Phi) is 3.46. The zero-order valence-electron chi connectivity index (χ0n) is 10.3. The van der Waals surface area contributed by atoms with Crippen LogP contribution in [0.2, 0.25) is 0 Å². The summed E-state index contributed by atoms with van der Waals surface area (Å²) in [6, 6.07) is 5.02. The van der Waals surface area contributed by atoms with Crippen molar-refractivity contribution >= 4 is 17.3 Å². The SMILES string of the molecule is CC(C)COc1ccc2occ(C=O)c(=O)c2c1. The number of hydrogen-bond acceptors (Lipinski definition) is 4. The Hall–Kier alpha value is -2.10. The lowest BCUT2D eigenvalue weighted by Crippen LogP contribution is -2.08. The Morgan fingerprint density at radius 1 is 1.39 bits per heavy atom. The van der Waals surface area contributed by atoms with Gasteiger partial charge in [0.2, 0.25) is 5.43 Å². The highest BCUT2D eigenvalue weighted by Gasteiger charge is 2.07. The quantitative estimate of drug-likeness (QED) is 0.778. The number of hydrogen-bond donors (Lipinski definition) is 0. The summed E-state index contributed by atoms with van der Waals surface area (Å²) in [7, 11) is 0. The molecule has 0 fully saturated rings. The molecule has 1 aromatic carbocycles. The van der Waals surface area contributed by atoms with Crippen LogP contribution >= 0.6 is 0 Å². The predicted molar refractivity (Wildman–Crippen MR) is 68.2 cm³/mol. The Morgan fingerprint density at radius 3 is 2.83 bits per heavy atom. The summed E-state index contributed by atoms with van der Waals surface area (Å²) in [5, 5.41) is 0.362. The van der Waals surface area contributed by atoms with E-state index in [2.05, 4.69) is 0 Å². The van der Waals surface area contributed by atoms with Crippen molar-refractivity contribution in [2.75, 3.05) is 6.61 Å². The highest BCUT2D eigenvalue weighted by molar-refractivity contribution is 5.84. The monoisotopic (exact) mass is 246 g/mol. The van der Waals surface area contributed by atoms with Gasteiger partial charge < -0.3 is 9.15 Å². The second-order valence-corrected chi connectivity index (χ2v) is 4.50. The molecule has 2 aromatic rings. The molecule has 0 aliphatic heterocycles. The largest absolute Gasteiger partial charge is 0.493 e. The van der Waals surface area contributed by atoms with Gasteiger partial charge >= 0.3 is 0 Å². The molecule has 0 saturated carbocycles. The summed E-state index contributed by atoms with van der Waals surface area (Å²) in [4.78, 5) is 22.6. The first-order valence-electron chi connectivity index (χ1n) is 5.75. The molecule has 1 heterocycles. The Bertz CT molecular complexity index is 625. The van der Waals surface area contributed by atoms with Gasteiger partial charge in [-0.25, -0.2) is 0 Å². The van der Waals surface area contributed by atoms with Gasteiger partial charge in [0.1, 0.15) is 17.6 Å². The molecule has 0 aliphatic carbocycles. The van der Waals surface area contributed by atoms with Crippen LogP contribution in [0.5, 0.6) is 5.75 Å². The van der Waals surface area contributed by atoms with Crippen LogP contribution < -0.4 is 10.2 Å². The van der Waals surface area contributed by atoms with Crippen molar-refractivity contribution in [3.63, 3.8) is 0 Å². The maximum atomic E-state index is 11.9. The first-order chi connectivity index (χ1) is 8.61. The van der Waals surface area contributed by atoms with E-state index in [9.17, 15) is 9.59 Å². The average Bonchev–Trinajstić information content (AvgIpc) is 2.37. The van der Waals surface area contributed by atoms with E-state index in [0.29, 0.717) is 35.5 Å². The molecule has 4 nitrogen and oxygen atoms in total. The fourth-order valence-corrected chi connectivity index (χ4v) is 1.56. The number of carbonyl (C=O) groups is 1. The molecule has 1 aromatic heterocycles. The van der Waals surface area contributed by atoms with Gasteiger partial charge in [-0.1, -0.05) is 13.8 Å². The maximum Gasteiger partial charge on any atom is 0.203 e. The molecule has 0 bridgehead atoms. The van der Waals surface area contributed by atoms with Gasteiger partial charge in [-0.15, -0.1) is 0 Å². The fourth-order valence-electron chi connectivity index (χ4n) is 1.56. The summed E-state index contributed by atoms with van der Waals surface area (Å²) in [5.41, 5.74) is 0.132. The smallest absolute Gasteiger partial charge is 0.203 e. The average molecular weight is 246 g/mol. The van der Waals surface area contributed by atoms with Crippen LogP contribution in [0.1, 0.15) is 24.2 Å². The zero-order chi connectivity index (χ0) is 13.1.